The molecule has 0 bridgehead atoms. The third-order valence-corrected chi connectivity index (χ3v) is 8.84. The van der Waals surface area contributed by atoms with E-state index in [0.29, 0.717) is 12.4 Å². The Morgan fingerprint density at radius 2 is 2.05 bits per heavy atom. The number of hydrogen-bond acceptors (Lipinski definition) is 3. The summed E-state index contributed by atoms with van der Waals surface area (Å²) in [7, 11) is -1.73. The molecule has 2 rings (SSSR count). The Morgan fingerprint density at radius 1 is 1.37 bits per heavy atom. The summed E-state index contributed by atoms with van der Waals surface area (Å²) in [4.78, 5) is 8.73. The molecule has 0 aromatic carbocycles. The molecule has 0 saturated heterocycles. The number of hydrogen-bond donors (Lipinski definition) is 0. The van der Waals surface area contributed by atoms with Crippen LogP contribution in [0.15, 0.2) is 23.1 Å². The van der Waals surface area contributed by atoms with Crippen LogP contribution in [0, 0.1) is 0 Å². The van der Waals surface area contributed by atoms with Crippen LogP contribution < -0.4 is 0 Å². The van der Waals surface area contributed by atoms with E-state index < -0.39 is 8.32 Å². The number of nitrogens with zero attached hydrogens (tertiary/aromatic N) is 3. The molecule has 2 aromatic heterocycles. The molecule has 0 spiro atoms. The Hall–Kier alpha value is -0.723. The highest BCUT2D eigenvalue weighted by Gasteiger charge is 2.37. The van der Waals surface area contributed by atoms with Crippen LogP contribution in [0.2, 0.25) is 18.1 Å². The second-order valence-corrected chi connectivity index (χ2v) is 11.8. The lowest BCUT2D eigenvalue weighted by Crippen LogP contribution is -2.40. The van der Waals surface area contributed by atoms with E-state index in [1.54, 1.807) is 6.20 Å². The average Bonchev–Trinajstić information content (AvgIpc) is 2.67. The molecule has 2 heterocycles. The summed E-state index contributed by atoms with van der Waals surface area (Å²) in [6.07, 6.45) is 3.71. The van der Waals surface area contributed by atoms with Gasteiger partial charge in [0.15, 0.2) is 8.32 Å². The molecular formula is C13H20BrN3OSi. The van der Waals surface area contributed by atoms with Crippen molar-refractivity contribution in [3.8, 4) is 0 Å². The molecule has 0 aliphatic carbocycles. The van der Waals surface area contributed by atoms with E-state index in [9.17, 15) is 0 Å². The van der Waals surface area contributed by atoms with Crippen molar-refractivity contribution in [1.82, 2.24) is 14.4 Å². The summed E-state index contributed by atoms with van der Waals surface area (Å²) in [5.74, 6) is 0.697. The first kappa shape index (κ1) is 14.7. The summed E-state index contributed by atoms with van der Waals surface area (Å²) in [5.41, 5.74) is 0.926. The molecule has 2 aromatic rings. The van der Waals surface area contributed by atoms with Gasteiger partial charge in [0, 0.05) is 6.20 Å². The van der Waals surface area contributed by atoms with Crippen molar-refractivity contribution in [2.45, 2.75) is 45.5 Å². The van der Waals surface area contributed by atoms with E-state index in [0.717, 1.165) is 10.3 Å². The van der Waals surface area contributed by atoms with Crippen LogP contribution in [-0.2, 0) is 11.0 Å². The van der Waals surface area contributed by atoms with Gasteiger partial charge in [-0.1, -0.05) is 20.8 Å². The fourth-order valence-electron chi connectivity index (χ4n) is 1.43. The Kier molecular flexibility index (Phi) is 3.86. The molecular weight excluding hydrogens is 322 g/mol. The summed E-state index contributed by atoms with van der Waals surface area (Å²) >= 11 is 3.42. The van der Waals surface area contributed by atoms with Crippen molar-refractivity contribution in [2.75, 3.05) is 0 Å². The molecule has 0 radical (unpaired) electrons. The molecule has 0 N–H and O–H groups in total. The zero-order chi connectivity index (χ0) is 14.3. The minimum Gasteiger partial charge on any atom is -0.411 e. The molecule has 0 aliphatic heterocycles. The molecule has 4 nitrogen and oxygen atoms in total. The molecule has 19 heavy (non-hydrogen) atoms. The molecule has 0 amide bonds. The first-order valence-electron chi connectivity index (χ1n) is 6.33. The lowest BCUT2D eigenvalue weighted by Gasteiger charge is -2.36. The van der Waals surface area contributed by atoms with Gasteiger partial charge < -0.3 is 4.43 Å². The van der Waals surface area contributed by atoms with Gasteiger partial charge in [0.2, 0.25) is 5.78 Å². The molecule has 104 valence electrons. The fourth-order valence-corrected chi connectivity index (χ4v) is 2.75. The van der Waals surface area contributed by atoms with Crippen LogP contribution >= 0.6 is 15.9 Å². The second-order valence-electron chi connectivity index (χ2n) is 6.22. The third kappa shape index (κ3) is 3.06. The second kappa shape index (κ2) is 4.99. The minimum absolute atomic E-state index is 0.216. The zero-order valence-corrected chi connectivity index (χ0v) is 14.7. The lowest BCUT2D eigenvalue weighted by molar-refractivity contribution is 0.272. The van der Waals surface area contributed by atoms with Crippen LogP contribution in [0.4, 0.5) is 0 Å². The minimum atomic E-state index is -1.73. The Labute approximate surface area is 123 Å². The number of aromatic nitrogens is 3. The molecule has 0 fully saturated rings. The van der Waals surface area contributed by atoms with Gasteiger partial charge in [-0.05, 0) is 40.1 Å². The number of fused-ring (bicyclic) bond motifs is 1. The van der Waals surface area contributed by atoms with Crippen molar-refractivity contribution in [3.63, 3.8) is 0 Å². The topological polar surface area (TPSA) is 39.4 Å². The molecule has 0 aliphatic rings. The van der Waals surface area contributed by atoms with Crippen molar-refractivity contribution in [2.24, 2.45) is 0 Å². The number of imidazole rings is 1. The predicted octanol–water partition coefficient (Wildman–Crippen LogP) is 4.01. The maximum absolute atomic E-state index is 6.16. The first-order chi connectivity index (χ1) is 8.71. The van der Waals surface area contributed by atoms with Gasteiger partial charge in [0.1, 0.15) is 4.60 Å². The Morgan fingerprint density at radius 3 is 2.68 bits per heavy atom. The molecule has 0 saturated carbocycles. The van der Waals surface area contributed by atoms with Crippen LogP contribution in [0.1, 0.15) is 26.5 Å². The maximum Gasteiger partial charge on any atom is 0.234 e. The molecule has 0 atom stereocenters. The number of rotatable bonds is 3. The van der Waals surface area contributed by atoms with Crippen molar-refractivity contribution in [3.05, 3.63) is 28.8 Å². The van der Waals surface area contributed by atoms with E-state index in [1.165, 1.54) is 0 Å². The average molecular weight is 342 g/mol. The van der Waals surface area contributed by atoms with Gasteiger partial charge in [0.25, 0.3) is 0 Å². The Bertz CT molecular complexity index is 589. The van der Waals surface area contributed by atoms with Gasteiger partial charge in [-0.3, -0.25) is 4.40 Å². The van der Waals surface area contributed by atoms with Gasteiger partial charge in [0.05, 0.1) is 18.5 Å². The highest BCUT2D eigenvalue weighted by molar-refractivity contribution is 9.10. The smallest absolute Gasteiger partial charge is 0.234 e. The van der Waals surface area contributed by atoms with Gasteiger partial charge >= 0.3 is 0 Å². The maximum atomic E-state index is 6.16. The Balaban J connectivity index is 2.14. The normalized spacial score (nSPS) is 13.2. The van der Waals surface area contributed by atoms with Crippen molar-refractivity contribution in [1.29, 1.82) is 0 Å². The standard InChI is InChI=1S/C13H20BrN3OSi/c1-13(2,3)19(4,5)18-9-10-6-7-17-11(14)8-15-12(17)16-10/h6-8H,9H2,1-5H3. The van der Waals surface area contributed by atoms with Gasteiger partial charge in [-0.15, -0.1) is 0 Å². The third-order valence-electron chi connectivity index (χ3n) is 3.78. The van der Waals surface area contributed by atoms with Crippen molar-refractivity contribution >= 4 is 30.0 Å². The van der Waals surface area contributed by atoms with Crippen molar-refractivity contribution < 1.29 is 4.43 Å². The van der Waals surface area contributed by atoms with E-state index in [2.05, 4.69) is 59.8 Å². The highest BCUT2D eigenvalue weighted by Crippen LogP contribution is 2.36. The van der Waals surface area contributed by atoms with Crippen LogP contribution in [-0.4, -0.2) is 22.7 Å². The van der Waals surface area contributed by atoms with E-state index in [4.69, 9.17) is 4.43 Å². The largest absolute Gasteiger partial charge is 0.411 e. The highest BCUT2D eigenvalue weighted by atomic mass is 79.9. The monoisotopic (exact) mass is 341 g/mol. The molecule has 6 heteroatoms. The van der Waals surface area contributed by atoms with Gasteiger partial charge in [-0.2, -0.15) is 0 Å². The molecule has 0 unspecified atom stereocenters. The van der Waals surface area contributed by atoms with E-state index in [-0.39, 0.29) is 5.04 Å². The number of halogens is 1. The summed E-state index contributed by atoms with van der Waals surface area (Å²) < 4.78 is 8.97. The van der Waals surface area contributed by atoms with E-state index in [1.807, 2.05) is 16.7 Å². The SMILES string of the molecule is CC(C)(C)[Si](C)(C)OCc1ccn2c(Br)cnc2n1. The summed E-state index contributed by atoms with van der Waals surface area (Å²) in [6, 6.07) is 1.98. The zero-order valence-electron chi connectivity index (χ0n) is 12.1. The van der Waals surface area contributed by atoms with Crippen LogP contribution in [0.25, 0.3) is 5.78 Å². The predicted molar refractivity (Wildman–Crippen MR) is 82.7 cm³/mol. The first-order valence-corrected chi connectivity index (χ1v) is 10.0. The summed E-state index contributed by atoms with van der Waals surface area (Å²) in [5, 5.41) is 0.216. The fraction of sp³-hybridized carbons (Fsp3) is 0.538. The lowest BCUT2D eigenvalue weighted by atomic mass is 10.2. The van der Waals surface area contributed by atoms with Crippen LogP contribution in [0.5, 0.6) is 0 Å². The van der Waals surface area contributed by atoms with Gasteiger partial charge in [-0.25, -0.2) is 9.97 Å². The summed E-state index contributed by atoms with van der Waals surface area (Å²) in [6.45, 7) is 11.8. The quantitative estimate of drug-likeness (QED) is 0.791. The van der Waals surface area contributed by atoms with Crippen LogP contribution in [0.3, 0.4) is 0 Å². The van der Waals surface area contributed by atoms with E-state index >= 15 is 0 Å².